The monoisotopic (exact) mass is 788 g/mol. The van der Waals surface area contributed by atoms with E-state index < -0.39 is 18.2 Å². The molecule has 6 nitrogen and oxygen atoms in total. The lowest BCUT2D eigenvalue weighted by molar-refractivity contribution is -0.151. The van der Waals surface area contributed by atoms with Crippen LogP contribution in [0.2, 0.25) is 0 Å². The fourth-order valence-electron chi connectivity index (χ4n) is 7.24. The number of hydrogen-bond donors (Lipinski definition) is 3. The van der Waals surface area contributed by atoms with Crippen LogP contribution in [0.3, 0.4) is 0 Å². The van der Waals surface area contributed by atoms with Gasteiger partial charge in [0, 0.05) is 6.42 Å². The Labute approximate surface area is 347 Å². The highest BCUT2D eigenvalue weighted by molar-refractivity contribution is 5.77. The molecule has 56 heavy (non-hydrogen) atoms. The van der Waals surface area contributed by atoms with Crippen molar-refractivity contribution in [3.05, 3.63) is 36.5 Å². The number of carbonyl (C=O) groups excluding carboxylic acids is 2. The first kappa shape index (κ1) is 54.1. The van der Waals surface area contributed by atoms with Gasteiger partial charge in [-0.3, -0.25) is 9.59 Å². The Kier molecular flexibility index (Phi) is 42.7. The summed E-state index contributed by atoms with van der Waals surface area (Å²) in [5, 5.41) is 23.6. The maximum atomic E-state index is 13.1. The van der Waals surface area contributed by atoms with Crippen LogP contribution < -0.4 is 5.32 Å². The molecule has 328 valence electrons. The van der Waals surface area contributed by atoms with Crippen LogP contribution in [0.15, 0.2) is 36.5 Å². The lowest BCUT2D eigenvalue weighted by Crippen LogP contribution is -2.46. The van der Waals surface area contributed by atoms with Crippen LogP contribution in [-0.4, -0.2) is 46.9 Å². The Hall–Kier alpha value is -1.92. The van der Waals surface area contributed by atoms with E-state index in [2.05, 4.69) is 62.5 Å². The first-order valence-electron chi connectivity index (χ1n) is 24.2. The molecule has 6 heteroatoms. The van der Waals surface area contributed by atoms with E-state index in [1.807, 2.05) is 0 Å². The van der Waals surface area contributed by atoms with Crippen LogP contribution in [0.1, 0.15) is 245 Å². The maximum absolute atomic E-state index is 13.1. The molecule has 0 aliphatic heterocycles. The minimum atomic E-state index is -0.792. The number of ether oxygens (including phenoxy) is 1. The van der Waals surface area contributed by atoms with Gasteiger partial charge < -0.3 is 20.3 Å². The zero-order valence-electron chi connectivity index (χ0n) is 37.3. The number of nitrogens with one attached hydrogen (secondary N) is 1. The molecule has 0 bridgehead atoms. The number of hydrogen-bond acceptors (Lipinski definition) is 5. The normalized spacial score (nSPS) is 13.6. The summed E-state index contributed by atoms with van der Waals surface area (Å²) in [5.41, 5.74) is 0. The van der Waals surface area contributed by atoms with Crippen molar-refractivity contribution in [3.8, 4) is 0 Å². The third-order valence-corrected chi connectivity index (χ3v) is 11.0. The number of allylic oxidation sites excluding steroid dienone is 6. The zero-order chi connectivity index (χ0) is 41.0. The second-order valence-electron chi connectivity index (χ2n) is 16.5. The Bertz CT molecular complexity index is 930. The third kappa shape index (κ3) is 38.9. The summed E-state index contributed by atoms with van der Waals surface area (Å²) in [5.74, 6) is -0.508. The highest BCUT2D eigenvalue weighted by Gasteiger charge is 2.24. The van der Waals surface area contributed by atoms with E-state index in [1.165, 1.54) is 122 Å². The van der Waals surface area contributed by atoms with Crippen LogP contribution in [0.5, 0.6) is 0 Å². The molecule has 0 spiro atoms. The van der Waals surface area contributed by atoms with E-state index >= 15 is 0 Å². The third-order valence-electron chi connectivity index (χ3n) is 11.0. The van der Waals surface area contributed by atoms with Gasteiger partial charge in [-0.2, -0.15) is 0 Å². The van der Waals surface area contributed by atoms with Crippen molar-refractivity contribution in [1.29, 1.82) is 0 Å². The molecule has 3 atom stereocenters. The van der Waals surface area contributed by atoms with Gasteiger partial charge in [0.2, 0.25) is 5.91 Å². The zero-order valence-corrected chi connectivity index (χ0v) is 37.3. The molecule has 0 aliphatic carbocycles. The largest absolute Gasteiger partial charge is 0.462 e. The maximum Gasteiger partial charge on any atom is 0.306 e. The molecule has 0 rings (SSSR count). The lowest BCUT2D eigenvalue weighted by atomic mass is 10.0. The van der Waals surface area contributed by atoms with E-state index in [-0.39, 0.29) is 24.9 Å². The summed E-state index contributed by atoms with van der Waals surface area (Å²) in [7, 11) is 0. The predicted octanol–water partition coefficient (Wildman–Crippen LogP) is 14.1. The molecule has 0 aromatic heterocycles. The van der Waals surface area contributed by atoms with Crippen LogP contribution in [0.25, 0.3) is 0 Å². The molecular formula is C50H93NO5. The van der Waals surface area contributed by atoms with Crippen LogP contribution in [0.4, 0.5) is 0 Å². The van der Waals surface area contributed by atoms with Gasteiger partial charge in [-0.1, -0.05) is 192 Å². The molecule has 0 aromatic carbocycles. The van der Waals surface area contributed by atoms with Crippen LogP contribution in [0, 0.1) is 0 Å². The van der Waals surface area contributed by atoms with Crippen molar-refractivity contribution in [1.82, 2.24) is 5.32 Å². The number of aliphatic hydroxyl groups excluding tert-OH is 2. The van der Waals surface area contributed by atoms with Gasteiger partial charge in [-0.05, 0) is 77.0 Å². The Morgan fingerprint density at radius 1 is 0.518 bits per heavy atom. The number of amides is 1. The Morgan fingerprint density at radius 2 is 0.911 bits per heavy atom. The molecular weight excluding hydrogens is 695 g/mol. The summed E-state index contributed by atoms with van der Waals surface area (Å²) < 4.78 is 5.90. The molecule has 0 aromatic rings. The first-order valence-corrected chi connectivity index (χ1v) is 24.2. The molecule has 3 N–H and O–H groups in total. The SMILES string of the molecule is CCCCC/C=C\CCCCCCCC(=O)OC(CCCCC/C=C/C=C/CCCCCCCCC)CC(=O)NC(CO)C(O)CCCCCCCCCCC. The average molecular weight is 788 g/mol. The summed E-state index contributed by atoms with van der Waals surface area (Å²) in [4.78, 5) is 26.0. The number of esters is 1. The minimum Gasteiger partial charge on any atom is -0.462 e. The first-order chi connectivity index (χ1) is 27.5. The van der Waals surface area contributed by atoms with E-state index in [0.717, 1.165) is 77.0 Å². The van der Waals surface area contributed by atoms with Crippen molar-refractivity contribution >= 4 is 11.9 Å². The second-order valence-corrected chi connectivity index (χ2v) is 16.5. The topological polar surface area (TPSA) is 95.9 Å². The summed E-state index contributed by atoms with van der Waals surface area (Å²) in [6.07, 6.45) is 50.6. The fraction of sp³-hybridized carbons (Fsp3) is 0.840. The summed E-state index contributed by atoms with van der Waals surface area (Å²) >= 11 is 0. The van der Waals surface area contributed by atoms with Crippen molar-refractivity contribution in [2.24, 2.45) is 0 Å². The van der Waals surface area contributed by atoms with Crippen LogP contribution in [-0.2, 0) is 14.3 Å². The van der Waals surface area contributed by atoms with Gasteiger partial charge in [0.1, 0.15) is 6.10 Å². The van der Waals surface area contributed by atoms with E-state index in [9.17, 15) is 19.8 Å². The number of rotatable bonds is 43. The van der Waals surface area contributed by atoms with Gasteiger partial charge >= 0.3 is 5.97 Å². The van der Waals surface area contributed by atoms with Crippen molar-refractivity contribution in [2.45, 2.75) is 264 Å². The molecule has 0 radical (unpaired) electrons. The summed E-state index contributed by atoms with van der Waals surface area (Å²) in [6, 6.07) is -0.708. The van der Waals surface area contributed by atoms with E-state index in [1.54, 1.807) is 0 Å². The Balaban J connectivity index is 4.65. The predicted molar refractivity (Wildman–Crippen MR) is 241 cm³/mol. The van der Waals surface area contributed by atoms with Gasteiger partial charge in [0.05, 0.1) is 25.2 Å². The molecule has 0 saturated carbocycles. The molecule has 3 unspecified atom stereocenters. The van der Waals surface area contributed by atoms with Gasteiger partial charge in [0.25, 0.3) is 0 Å². The lowest BCUT2D eigenvalue weighted by Gasteiger charge is -2.24. The smallest absolute Gasteiger partial charge is 0.306 e. The van der Waals surface area contributed by atoms with E-state index in [0.29, 0.717) is 19.3 Å². The molecule has 0 fully saturated rings. The van der Waals surface area contributed by atoms with Gasteiger partial charge in [-0.25, -0.2) is 0 Å². The van der Waals surface area contributed by atoms with Crippen molar-refractivity contribution in [3.63, 3.8) is 0 Å². The van der Waals surface area contributed by atoms with Crippen molar-refractivity contribution in [2.75, 3.05) is 6.61 Å². The molecule has 0 heterocycles. The molecule has 1 amide bonds. The second kappa shape index (κ2) is 44.2. The molecule has 0 saturated heterocycles. The standard InChI is InChI=1S/C50H93NO5/c1-4-7-10-13-16-19-21-23-24-25-26-27-30-32-35-38-41-46(56-50(55)43-40-37-34-31-28-22-20-17-14-11-8-5-2)44-49(54)51-47(45-52)48(53)42-39-36-33-29-18-15-12-9-6-3/h17,20,24-27,46-48,52-53H,4-16,18-19,21-23,28-45H2,1-3H3,(H,51,54)/b20-17-,25-24+,27-26+. The summed E-state index contributed by atoms with van der Waals surface area (Å²) in [6.45, 7) is 6.42. The van der Waals surface area contributed by atoms with Gasteiger partial charge in [-0.15, -0.1) is 0 Å². The van der Waals surface area contributed by atoms with E-state index in [4.69, 9.17) is 4.74 Å². The number of carbonyl (C=O) groups is 2. The number of unbranched alkanes of at least 4 members (excludes halogenated alkanes) is 26. The highest BCUT2D eigenvalue weighted by atomic mass is 16.5. The fourth-order valence-corrected chi connectivity index (χ4v) is 7.24. The molecule has 0 aliphatic rings. The average Bonchev–Trinajstić information content (AvgIpc) is 3.19. The quantitative estimate of drug-likeness (QED) is 0.0247. The van der Waals surface area contributed by atoms with Gasteiger partial charge in [0.15, 0.2) is 0 Å². The minimum absolute atomic E-state index is 0.0579. The highest BCUT2D eigenvalue weighted by Crippen LogP contribution is 2.17. The number of aliphatic hydroxyl groups is 2. The van der Waals surface area contributed by atoms with Crippen LogP contribution >= 0.6 is 0 Å². The van der Waals surface area contributed by atoms with Crippen molar-refractivity contribution < 1.29 is 24.5 Å². The Morgan fingerprint density at radius 3 is 1.43 bits per heavy atom.